The number of ether oxygens (including phenoxy) is 3. The molecule has 1 unspecified atom stereocenters. The van der Waals surface area contributed by atoms with Crippen molar-refractivity contribution in [2.75, 3.05) is 32.2 Å². The molecule has 308 valence electrons. The highest BCUT2D eigenvalue weighted by molar-refractivity contribution is 8.07. The second kappa shape index (κ2) is 17.6. The maximum Gasteiger partial charge on any atom is 0.330 e. The average molecular weight is 839 g/mol. The SMILES string of the molecule is COP(=S)(OC[C@H]1O[C@@H](n2cc(C)c(=O)[nH]c2=O)C[C@@H]1O[Si](C)(C)C(C)(C)C)O[C@H]1C[C@H](n2cnc3c(OCCC#N)nc(NC(=O)C(C)C)nc32)O[C@@H]1CO. The Bertz CT molecular complexity index is 2100. The Morgan fingerprint density at radius 1 is 1.18 bits per heavy atom. The highest BCUT2D eigenvalue weighted by atomic mass is 32.5. The molecular weight excluding hydrogens is 788 g/mol. The first kappa shape index (κ1) is 43.7. The van der Waals surface area contributed by atoms with Crippen molar-refractivity contribution in [1.29, 1.82) is 5.26 Å². The molecule has 22 heteroatoms. The number of amides is 1. The molecule has 1 amide bonds. The fraction of sp³-hybridized carbons (Fsp3) is 0.676. The number of aromatic amines is 1. The number of nitrogens with zero attached hydrogens (tertiary/aromatic N) is 6. The second-order valence-corrected chi connectivity index (χ2v) is 23.3. The van der Waals surface area contributed by atoms with Crippen LogP contribution in [0.1, 0.15) is 71.9 Å². The van der Waals surface area contributed by atoms with E-state index in [1.807, 2.05) is 6.07 Å². The maximum absolute atomic E-state index is 12.8. The highest BCUT2D eigenvalue weighted by Gasteiger charge is 2.47. The molecule has 0 aliphatic carbocycles. The fourth-order valence-corrected chi connectivity index (χ4v) is 8.82. The van der Waals surface area contributed by atoms with Crippen LogP contribution < -0.4 is 21.3 Å². The predicted octanol–water partition coefficient (Wildman–Crippen LogP) is 3.80. The van der Waals surface area contributed by atoms with E-state index in [0.717, 1.165) is 0 Å². The lowest BCUT2D eigenvalue weighted by Crippen LogP contribution is -2.46. The van der Waals surface area contributed by atoms with Gasteiger partial charge in [-0.2, -0.15) is 15.2 Å². The van der Waals surface area contributed by atoms with E-state index in [1.165, 1.54) is 24.2 Å². The molecule has 2 aliphatic rings. The van der Waals surface area contributed by atoms with Crippen molar-refractivity contribution in [1.82, 2.24) is 29.1 Å². The zero-order chi connectivity index (χ0) is 41.2. The van der Waals surface area contributed by atoms with Crippen molar-refractivity contribution in [3.05, 3.63) is 38.9 Å². The minimum Gasteiger partial charge on any atom is -0.475 e. The van der Waals surface area contributed by atoms with Crippen LogP contribution in [0.15, 0.2) is 22.1 Å². The number of anilines is 1. The smallest absolute Gasteiger partial charge is 0.330 e. The standard InChI is InChI=1S/C34H51N8O11PSSi/c1-19(2)29(44)38-32-37-28-27(31(40-32)48-12-10-11-35)36-18-42(28)26-13-21(23(16-43)50-26)52-54(55,47-7)49-17-24-22(53-56(8,9)34(4,5)6)14-25(51-24)41-15-20(3)30(45)39-33(41)46/h15,18-19,21-26,43H,10,12-14,16-17H2,1-9H3,(H,39,45,46)(H,37,38,40,44)/t21-,22-,23+,24+,25+,26+,54?/m0/s1. The lowest BCUT2D eigenvalue weighted by atomic mass is 10.2. The molecule has 5 heterocycles. The summed E-state index contributed by atoms with van der Waals surface area (Å²) in [5, 5.41) is 21.9. The van der Waals surface area contributed by atoms with Crippen LogP contribution in [0.2, 0.25) is 18.1 Å². The van der Waals surface area contributed by atoms with Crippen molar-refractivity contribution < 1.29 is 42.1 Å². The van der Waals surface area contributed by atoms with Gasteiger partial charge in [-0.15, -0.1) is 0 Å². The Balaban J connectivity index is 1.36. The number of carbonyl (C=O) groups is 1. The van der Waals surface area contributed by atoms with Crippen molar-refractivity contribution in [3.8, 4) is 11.9 Å². The molecule has 5 rings (SSSR count). The Morgan fingerprint density at radius 2 is 1.86 bits per heavy atom. The molecule has 0 aromatic carbocycles. The normalized spacial score (nSPS) is 24.0. The predicted molar refractivity (Wildman–Crippen MR) is 209 cm³/mol. The van der Waals surface area contributed by atoms with Gasteiger partial charge >= 0.3 is 12.4 Å². The first-order valence-corrected chi connectivity index (χ1v) is 23.7. The van der Waals surface area contributed by atoms with Crippen LogP contribution in [0.4, 0.5) is 5.95 Å². The zero-order valence-electron chi connectivity index (χ0n) is 33.0. The molecule has 7 atom stereocenters. The molecule has 3 aromatic heterocycles. The summed E-state index contributed by atoms with van der Waals surface area (Å²) in [6, 6.07) is 2.01. The number of nitrogens with one attached hydrogen (secondary N) is 2. The molecule has 0 spiro atoms. The van der Waals surface area contributed by atoms with E-state index in [4.69, 9.17) is 49.3 Å². The lowest BCUT2D eigenvalue weighted by Gasteiger charge is -2.39. The molecule has 56 heavy (non-hydrogen) atoms. The summed E-state index contributed by atoms with van der Waals surface area (Å²) >= 11 is 5.82. The van der Waals surface area contributed by atoms with Gasteiger partial charge in [-0.05, 0) is 36.9 Å². The maximum atomic E-state index is 12.8. The van der Waals surface area contributed by atoms with E-state index in [9.17, 15) is 19.5 Å². The minimum atomic E-state index is -3.53. The molecular formula is C34H51N8O11PSSi. The number of nitriles is 1. The Morgan fingerprint density at radius 3 is 2.50 bits per heavy atom. The van der Waals surface area contributed by atoms with Crippen LogP contribution in [0.25, 0.3) is 11.2 Å². The number of H-pyrrole nitrogens is 1. The monoisotopic (exact) mass is 838 g/mol. The van der Waals surface area contributed by atoms with Crippen LogP contribution in [-0.4, -0.2) is 99.7 Å². The zero-order valence-corrected chi connectivity index (χ0v) is 35.7. The van der Waals surface area contributed by atoms with Gasteiger partial charge in [-0.3, -0.25) is 29.0 Å². The summed E-state index contributed by atoms with van der Waals surface area (Å²) in [5.74, 6) is -0.615. The fourth-order valence-electron chi connectivity index (χ4n) is 5.81. The van der Waals surface area contributed by atoms with E-state index in [2.05, 4.69) is 59.1 Å². The highest BCUT2D eigenvalue weighted by Crippen LogP contribution is 2.54. The number of rotatable bonds is 16. The van der Waals surface area contributed by atoms with Gasteiger partial charge in [0.05, 0.1) is 44.2 Å². The summed E-state index contributed by atoms with van der Waals surface area (Å²) in [6.45, 7) is 11.6. The summed E-state index contributed by atoms with van der Waals surface area (Å²) in [7, 11) is -0.979. The van der Waals surface area contributed by atoms with Gasteiger partial charge < -0.3 is 37.3 Å². The summed E-state index contributed by atoms with van der Waals surface area (Å²) in [6.07, 6.45) is -0.857. The van der Waals surface area contributed by atoms with Gasteiger partial charge in [-0.1, -0.05) is 34.6 Å². The number of hydrogen-bond donors (Lipinski definition) is 3. The number of fused-ring (bicyclic) bond motifs is 1. The van der Waals surface area contributed by atoms with Crippen molar-refractivity contribution in [2.24, 2.45) is 5.92 Å². The number of aromatic nitrogens is 6. The Kier molecular flexibility index (Phi) is 13.7. The molecule has 2 aliphatic heterocycles. The third-order valence-electron chi connectivity index (χ3n) is 10.0. The van der Waals surface area contributed by atoms with Crippen LogP contribution in [0, 0.1) is 24.2 Å². The number of aryl methyl sites for hydroxylation is 1. The number of aliphatic hydroxyl groups excluding tert-OH is 1. The van der Waals surface area contributed by atoms with E-state index in [0.29, 0.717) is 12.0 Å². The van der Waals surface area contributed by atoms with Gasteiger partial charge in [0.2, 0.25) is 17.7 Å². The molecule has 3 N–H and O–H groups in total. The molecule has 19 nitrogen and oxygen atoms in total. The summed E-state index contributed by atoms with van der Waals surface area (Å²) in [5.41, 5.74) is -0.185. The van der Waals surface area contributed by atoms with Crippen molar-refractivity contribution in [2.45, 2.75) is 116 Å². The number of carbonyl (C=O) groups excluding carboxylic acids is 1. The number of aliphatic hydroxyl groups is 1. The van der Waals surface area contributed by atoms with Gasteiger partial charge in [-0.25, -0.2) is 9.78 Å². The van der Waals surface area contributed by atoms with Crippen LogP contribution in [0.3, 0.4) is 0 Å². The third-order valence-corrected chi connectivity index (χ3v) is 17.0. The third kappa shape index (κ3) is 9.81. The molecule has 2 saturated heterocycles. The summed E-state index contributed by atoms with van der Waals surface area (Å²) in [4.78, 5) is 53.1. The van der Waals surface area contributed by atoms with E-state index >= 15 is 0 Å². The first-order chi connectivity index (χ1) is 26.3. The Labute approximate surface area is 330 Å². The topological polar surface area (TPSA) is 236 Å². The first-order valence-electron chi connectivity index (χ1n) is 18.2. The van der Waals surface area contributed by atoms with Crippen LogP contribution in [0.5, 0.6) is 5.88 Å². The second-order valence-electron chi connectivity index (χ2n) is 15.5. The number of imidazole rings is 1. The van der Waals surface area contributed by atoms with E-state index < -0.39 is 69.8 Å². The van der Waals surface area contributed by atoms with Gasteiger partial charge in [0.15, 0.2) is 19.5 Å². The molecule has 3 aromatic rings. The number of hydrogen-bond acceptors (Lipinski definition) is 16. The van der Waals surface area contributed by atoms with Gasteiger partial charge in [0.25, 0.3) is 5.56 Å². The summed E-state index contributed by atoms with van der Waals surface area (Å²) < 4.78 is 46.3. The van der Waals surface area contributed by atoms with Crippen LogP contribution >= 0.6 is 6.72 Å². The Hall–Kier alpha value is -3.42. The minimum absolute atomic E-state index is 0.0227. The van der Waals surface area contributed by atoms with Gasteiger partial charge in [0.1, 0.15) is 31.3 Å². The molecule has 0 radical (unpaired) electrons. The van der Waals surface area contributed by atoms with Crippen LogP contribution in [-0.2, 0) is 44.1 Å². The van der Waals surface area contributed by atoms with Crippen molar-refractivity contribution >= 4 is 49.9 Å². The largest absolute Gasteiger partial charge is 0.475 e. The average Bonchev–Trinajstić information content (AvgIpc) is 3.85. The van der Waals surface area contributed by atoms with E-state index in [1.54, 1.807) is 25.3 Å². The molecule has 0 bridgehead atoms. The lowest BCUT2D eigenvalue weighted by molar-refractivity contribution is -0.118. The van der Waals surface area contributed by atoms with Gasteiger partial charge in [0, 0.05) is 37.6 Å². The quantitative estimate of drug-likeness (QED) is 0.106. The van der Waals surface area contributed by atoms with E-state index in [-0.39, 0.29) is 65.9 Å². The molecule has 0 saturated carbocycles. The molecule has 2 fully saturated rings. The van der Waals surface area contributed by atoms with Crippen molar-refractivity contribution in [3.63, 3.8) is 0 Å².